The minimum absolute atomic E-state index is 0.0229. The van der Waals surface area contributed by atoms with Crippen LogP contribution < -0.4 is 5.43 Å². The van der Waals surface area contributed by atoms with Gasteiger partial charge in [-0.05, 0) is 34.5 Å². The largest absolute Gasteiger partial charge is 0.290 e. The molecule has 1 nitrogen and oxygen atoms in total. The molecule has 0 N–H and O–H groups in total. The summed E-state index contributed by atoms with van der Waals surface area (Å²) in [5.41, 5.74) is 1.55. The first-order valence-electron chi connectivity index (χ1n) is 4.67. The van der Waals surface area contributed by atoms with E-state index in [0.717, 1.165) is 11.1 Å². The fourth-order valence-electron chi connectivity index (χ4n) is 1.41. The summed E-state index contributed by atoms with van der Waals surface area (Å²) in [7, 11) is 0. The van der Waals surface area contributed by atoms with Gasteiger partial charge in [-0.2, -0.15) is 11.3 Å². The zero-order chi connectivity index (χ0) is 11.5. The minimum Gasteiger partial charge on any atom is -0.290 e. The Kier molecular flexibility index (Phi) is 3.64. The molecule has 1 heterocycles. The molecular weight excluding hydrogens is 263 g/mol. The highest BCUT2D eigenvalue weighted by Gasteiger charge is 2.08. The van der Waals surface area contributed by atoms with E-state index >= 15 is 0 Å². The van der Waals surface area contributed by atoms with E-state index in [1.807, 2.05) is 5.38 Å². The number of benzene rings is 1. The van der Waals surface area contributed by atoms with Crippen LogP contribution in [0.25, 0.3) is 0 Å². The van der Waals surface area contributed by atoms with Gasteiger partial charge in [0.15, 0.2) is 5.43 Å². The first-order chi connectivity index (χ1) is 7.68. The quantitative estimate of drug-likeness (QED) is 0.806. The van der Waals surface area contributed by atoms with E-state index in [1.165, 1.54) is 11.3 Å². The van der Waals surface area contributed by atoms with Crippen molar-refractivity contribution in [1.29, 1.82) is 0 Å². The molecule has 82 valence electrons. The molecule has 0 amide bonds. The van der Waals surface area contributed by atoms with Gasteiger partial charge in [0.05, 0.1) is 0 Å². The van der Waals surface area contributed by atoms with Crippen molar-refractivity contribution in [2.75, 3.05) is 0 Å². The second-order valence-corrected chi connectivity index (χ2v) is 4.92. The van der Waals surface area contributed by atoms with E-state index in [2.05, 4.69) is 0 Å². The lowest BCUT2D eigenvalue weighted by Gasteiger charge is -2.05. The molecule has 0 spiro atoms. The van der Waals surface area contributed by atoms with Crippen LogP contribution in [0.5, 0.6) is 0 Å². The van der Waals surface area contributed by atoms with Crippen molar-refractivity contribution in [2.45, 2.75) is 6.42 Å². The predicted molar refractivity (Wildman–Crippen MR) is 69.9 cm³/mol. The van der Waals surface area contributed by atoms with Crippen molar-refractivity contribution in [1.82, 2.24) is 0 Å². The van der Waals surface area contributed by atoms with Gasteiger partial charge in [0.2, 0.25) is 0 Å². The van der Waals surface area contributed by atoms with E-state index in [9.17, 15) is 4.79 Å². The molecule has 0 aliphatic heterocycles. The molecule has 0 aliphatic rings. The molecule has 0 saturated carbocycles. The van der Waals surface area contributed by atoms with Crippen molar-refractivity contribution < 1.29 is 0 Å². The molecule has 0 bridgehead atoms. The minimum atomic E-state index is 0.0229. The van der Waals surface area contributed by atoms with Crippen LogP contribution in [0.15, 0.2) is 39.8 Å². The molecule has 1 aromatic carbocycles. The Bertz CT molecular complexity index is 543. The highest BCUT2D eigenvalue weighted by atomic mass is 35.5. The summed E-state index contributed by atoms with van der Waals surface area (Å²) in [5, 5.41) is 4.80. The normalized spacial score (nSPS) is 10.4. The lowest BCUT2D eigenvalue weighted by molar-refractivity contribution is 1.18. The van der Waals surface area contributed by atoms with Crippen molar-refractivity contribution in [3.63, 3.8) is 0 Å². The monoisotopic (exact) mass is 270 g/mol. The van der Waals surface area contributed by atoms with Gasteiger partial charge in [0.1, 0.15) is 0 Å². The lowest BCUT2D eigenvalue weighted by atomic mass is 10.1. The maximum absolute atomic E-state index is 11.6. The summed E-state index contributed by atoms with van der Waals surface area (Å²) in [6.45, 7) is 0. The van der Waals surface area contributed by atoms with Crippen LogP contribution >= 0.6 is 34.5 Å². The van der Waals surface area contributed by atoms with E-state index < -0.39 is 0 Å². The van der Waals surface area contributed by atoms with Crippen LogP contribution in [-0.4, -0.2) is 0 Å². The van der Waals surface area contributed by atoms with E-state index in [4.69, 9.17) is 23.2 Å². The van der Waals surface area contributed by atoms with Gasteiger partial charge in [0.25, 0.3) is 0 Å². The Morgan fingerprint density at radius 1 is 1.12 bits per heavy atom. The molecule has 0 radical (unpaired) electrons. The average molecular weight is 271 g/mol. The topological polar surface area (TPSA) is 17.1 Å². The van der Waals surface area contributed by atoms with Crippen LogP contribution in [0, 0.1) is 0 Å². The number of hydrogen-bond acceptors (Lipinski definition) is 2. The Balaban J connectivity index is 2.42. The maximum atomic E-state index is 11.6. The number of hydrogen-bond donors (Lipinski definition) is 0. The molecular formula is C12H8Cl2OS. The highest BCUT2D eigenvalue weighted by molar-refractivity contribution is 7.07. The summed E-state index contributed by atoms with van der Waals surface area (Å²) < 4.78 is 0. The van der Waals surface area contributed by atoms with Gasteiger partial charge >= 0.3 is 0 Å². The zero-order valence-electron chi connectivity index (χ0n) is 8.24. The van der Waals surface area contributed by atoms with Crippen LogP contribution in [0.1, 0.15) is 11.1 Å². The Hall–Kier alpha value is -0.830. The van der Waals surface area contributed by atoms with Crippen molar-refractivity contribution in [3.8, 4) is 0 Å². The van der Waals surface area contributed by atoms with E-state index in [-0.39, 0.29) is 5.43 Å². The molecule has 1 aromatic heterocycles. The van der Waals surface area contributed by atoms with Crippen molar-refractivity contribution in [2.24, 2.45) is 0 Å². The smallest absolute Gasteiger partial charge is 0.183 e. The van der Waals surface area contributed by atoms with Crippen LogP contribution in [-0.2, 0) is 6.42 Å². The Morgan fingerprint density at radius 3 is 2.44 bits per heavy atom. The summed E-state index contributed by atoms with van der Waals surface area (Å²) >= 11 is 13.6. The first kappa shape index (κ1) is 11.6. The molecule has 0 atom stereocenters. The molecule has 2 aromatic rings. The average Bonchev–Trinajstić information content (AvgIpc) is 2.26. The second-order valence-electron chi connectivity index (χ2n) is 3.32. The molecule has 0 saturated heterocycles. The first-order valence-corrected chi connectivity index (χ1v) is 6.36. The number of rotatable bonds is 2. The van der Waals surface area contributed by atoms with Crippen LogP contribution in [0.4, 0.5) is 0 Å². The summed E-state index contributed by atoms with van der Waals surface area (Å²) in [4.78, 5) is 11.6. The summed E-state index contributed by atoms with van der Waals surface area (Å²) in [6.07, 6.45) is 0.481. The predicted octanol–water partition coefficient (Wildman–Crippen LogP) is 4.01. The van der Waals surface area contributed by atoms with Gasteiger partial charge in [-0.15, -0.1) is 0 Å². The van der Waals surface area contributed by atoms with Gasteiger partial charge in [0, 0.05) is 22.0 Å². The second kappa shape index (κ2) is 5.00. The Morgan fingerprint density at radius 2 is 1.81 bits per heavy atom. The molecule has 0 fully saturated rings. The van der Waals surface area contributed by atoms with E-state index in [1.54, 1.807) is 29.6 Å². The molecule has 4 heteroatoms. The standard InChI is InChI=1S/C12H8Cl2OS/c13-10-2-1-3-11(14)9(10)6-8-7-16-5-4-12(8)15/h1-5,7H,6H2. The fourth-order valence-corrected chi connectivity index (χ4v) is 2.58. The zero-order valence-corrected chi connectivity index (χ0v) is 10.6. The molecule has 16 heavy (non-hydrogen) atoms. The van der Waals surface area contributed by atoms with Crippen LogP contribution in [0.2, 0.25) is 10.0 Å². The third-order valence-corrected chi connectivity index (χ3v) is 3.68. The molecule has 0 aliphatic carbocycles. The number of halogens is 2. The fraction of sp³-hybridized carbons (Fsp3) is 0.0833. The Labute approximate surface area is 107 Å². The van der Waals surface area contributed by atoms with Crippen molar-refractivity contribution in [3.05, 3.63) is 66.4 Å². The van der Waals surface area contributed by atoms with Gasteiger partial charge in [-0.3, -0.25) is 4.79 Å². The lowest BCUT2D eigenvalue weighted by Crippen LogP contribution is -2.06. The van der Waals surface area contributed by atoms with Gasteiger partial charge < -0.3 is 0 Å². The van der Waals surface area contributed by atoms with E-state index in [0.29, 0.717) is 16.5 Å². The molecule has 0 unspecified atom stereocenters. The van der Waals surface area contributed by atoms with Crippen molar-refractivity contribution >= 4 is 34.5 Å². The SMILES string of the molecule is O=c1ccscc1Cc1c(Cl)cccc1Cl. The summed E-state index contributed by atoms with van der Waals surface area (Å²) in [5.74, 6) is 0. The van der Waals surface area contributed by atoms with Crippen LogP contribution in [0.3, 0.4) is 0 Å². The molecule has 2 rings (SSSR count). The third kappa shape index (κ3) is 2.46. The van der Waals surface area contributed by atoms with Gasteiger partial charge in [-0.25, -0.2) is 0 Å². The third-order valence-electron chi connectivity index (χ3n) is 2.25. The summed E-state index contributed by atoms with van der Waals surface area (Å²) in [6, 6.07) is 6.91. The van der Waals surface area contributed by atoms with Gasteiger partial charge in [-0.1, -0.05) is 29.3 Å². The maximum Gasteiger partial charge on any atom is 0.183 e. The highest BCUT2D eigenvalue weighted by Crippen LogP contribution is 2.26.